The van der Waals surface area contributed by atoms with Gasteiger partial charge in [-0.3, -0.25) is 4.79 Å². The van der Waals surface area contributed by atoms with E-state index in [1.807, 2.05) is 18.2 Å². The number of amides is 1. The van der Waals surface area contributed by atoms with Gasteiger partial charge in [-0.05, 0) is 23.3 Å². The molecule has 0 spiro atoms. The molecule has 4 N–H and O–H groups in total. The molecule has 0 aromatic heterocycles. The molecule has 4 nitrogen and oxygen atoms in total. The molecule has 0 saturated heterocycles. The highest BCUT2D eigenvalue weighted by molar-refractivity contribution is 5.94. The molecule has 0 aliphatic heterocycles. The number of aliphatic hydroxyl groups excluding tert-OH is 1. The van der Waals surface area contributed by atoms with Gasteiger partial charge in [0.05, 0.1) is 0 Å². The van der Waals surface area contributed by atoms with Crippen molar-refractivity contribution >= 4 is 11.6 Å². The Morgan fingerprint density at radius 1 is 1.16 bits per heavy atom. The van der Waals surface area contributed by atoms with Crippen molar-refractivity contribution in [3.8, 4) is 0 Å². The summed E-state index contributed by atoms with van der Waals surface area (Å²) in [7, 11) is 0. The SMILES string of the molecule is NCc1cccc(NC(=O)C(O)c2ccccc2)c1. The summed E-state index contributed by atoms with van der Waals surface area (Å²) in [6, 6.07) is 16.0. The lowest BCUT2D eigenvalue weighted by molar-refractivity contribution is -0.124. The molecule has 2 aromatic carbocycles. The van der Waals surface area contributed by atoms with Gasteiger partial charge in [0, 0.05) is 12.2 Å². The number of aliphatic hydroxyl groups is 1. The Kier molecular flexibility index (Phi) is 4.28. The Labute approximate surface area is 111 Å². The van der Waals surface area contributed by atoms with Crippen LogP contribution in [0.15, 0.2) is 54.6 Å². The van der Waals surface area contributed by atoms with E-state index in [1.54, 1.807) is 36.4 Å². The number of hydrogen-bond donors (Lipinski definition) is 3. The molecule has 0 heterocycles. The molecule has 0 bridgehead atoms. The van der Waals surface area contributed by atoms with Crippen LogP contribution >= 0.6 is 0 Å². The van der Waals surface area contributed by atoms with Crippen molar-refractivity contribution in [1.29, 1.82) is 0 Å². The van der Waals surface area contributed by atoms with Gasteiger partial charge >= 0.3 is 0 Å². The number of nitrogens with two attached hydrogens (primary N) is 1. The summed E-state index contributed by atoms with van der Waals surface area (Å²) in [6.45, 7) is 0.408. The van der Waals surface area contributed by atoms with E-state index >= 15 is 0 Å². The molecule has 2 rings (SSSR count). The molecule has 0 fully saturated rings. The molecule has 4 heteroatoms. The van der Waals surface area contributed by atoms with E-state index in [2.05, 4.69) is 5.32 Å². The van der Waals surface area contributed by atoms with Gasteiger partial charge in [0.2, 0.25) is 0 Å². The van der Waals surface area contributed by atoms with Crippen LogP contribution in [0.1, 0.15) is 17.2 Å². The zero-order chi connectivity index (χ0) is 13.7. The van der Waals surface area contributed by atoms with Crippen molar-refractivity contribution in [3.63, 3.8) is 0 Å². The summed E-state index contributed by atoms with van der Waals surface area (Å²) in [5.41, 5.74) is 7.65. The van der Waals surface area contributed by atoms with Crippen LogP contribution in [0, 0.1) is 0 Å². The first-order valence-corrected chi connectivity index (χ1v) is 6.03. The molecule has 1 amide bonds. The average Bonchev–Trinajstić information content (AvgIpc) is 2.47. The van der Waals surface area contributed by atoms with Gasteiger partial charge in [-0.2, -0.15) is 0 Å². The molecule has 1 atom stereocenters. The van der Waals surface area contributed by atoms with Gasteiger partial charge in [-0.15, -0.1) is 0 Å². The Morgan fingerprint density at radius 3 is 2.58 bits per heavy atom. The van der Waals surface area contributed by atoms with Crippen molar-refractivity contribution in [2.75, 3.05) is 5.32 Å². The van der Waals surface area contributed by atoms with Gasteiger partial charge in [0.15, 0.2) is 6.10 Å². The van der Waals surface area contributed by atoms with E-state index in [0.717, 1.165) is 5.56 Å². The third-order valence-corrected chi connectivity index (χ3v) is 2.79. The Hall–Kier alpha value is -2.17. The lowest BCUT2D eigenvalue weighted by Gasteiger charge is -2.12. The summed E-state index contributed by atoms with van der Waals surface area (Å²) in [5.74, 6) is -0.458. The van der Waals surface area contributed by atoms with Crippen LogP contribution in [0.25, 0.3) is 0 Å². The van der Waals surface area contributed by atoms with Crippen molar-refractivity contribution in [1.82, 2.24) is 0 Å². The maximum absolute atomic E-state index is 11.9. The molecule has 0 radical (unpaired) electrons. The largest absolute Gasteiger partial charge is 0.378 e. The van der Waals surface area contributed by atoms with Gasteiger partial charge in [-0.1, -0.05) is 42.5 Å². The summed E-state index contributed by atoms with van der Waals surface area (Å²) in [4.78, 5) is 11.9. The summed E-state index contributed by atoms with van der Waals surface area (Å²) >= 11 is 0. The summed E-state index contributed by atoms with van der Waals surface area (Å²) in [5, 5.41) is 12.6. The molecule has 0 aliphatic carbocycles. The van der Waals surface area contributed by atoms with Crippen molar-refractivity contribution in [2.24, 2.45) is 5.73 Å². The number of anilines is 1. The minimum Gasteiger partial charge on any atom is -0.378 e. The van der Waals surface area contributed by atoms with Gasteiger partial charge in [0.1, 0.15) is 0 Å². The quantitative estimate of drug-likeness (QED) is 0.781. The van der Waals surface area contributed by atoms with E-state index in [-0.39, 0.29) is 0 Å². The van der Waals surface area contributed by atoms with E-state index < -0.39 is 12.0 Å². The van der Waals surface area contributed by atoms with Crippen molar-refractivity contribution in [2.45, 2.75) is 12.6 Å². The lowest BCUT2D eigenvalue weighted by Crippen LogP contribution is -2.20. The third kappa shape index (κ3) is 3.40. The normalized spacial score (nSPS) is 11.9. The monoisotopic (exact) mass is 256 g/mol. The highest BCUT2D eigenvalue weighted by atomic mass is 16.3. The van der Waals surface area contributed by atoms with Crippen molar-refractivity contribution < 1.29 is 9.90 Å². The fraction of sp³-hybridized carbons (Fsp3) is 0.133. The molecule has 19 heavy (non-hydrogen) atoms. The maximum Gasteiger partial charge on any atom is 0.257 e. The first-order valence-electron chi connectivity index (χ1n) is 6.03. The van der Waals surface area contributed by atoms with E-state index in [1.165, 1.54) is 0 Å². The predicted octanol–water partition coefficient (Wildman–Crippen LogP) is 1.82. The molecular weight excluding hydrogens is 240 g/mol. The first kappa shape index (κ1) is 13.3. The second-order valence-corrected chi connectivity index (χ2v) is 4.21. The van der Waals surface area contributed by atoms with Crippen LogP contribution in [0.2, 0.25) is 0 Å². The smallest absolute Gasteiger partial charge is 0.257 e. The number of nitrogens with one attached hydrogen (secondary N) is 1. The highest BCUT2D eigenvalue weighted by Gasteiger charge is 2.16. The third-order valence-electron chi connectivity index (χ3n) is 2.79. The van der Waals surface area contributed by atoms with Crippen LogP contribution in [0.3, 0.4) is 0 Å². The Balaban J connectivity index is 2.08. The minimum absolute atomic E-state index is 0.408. The fourth-order valence-electron chi connectivity index (χ4n) is 1.77. The number of rotatable bonds is 4. The molecule has 98 valence electrons. The Bertz CT molecular complexity index is 555. The van der Waals surface area contributed by atoms with Crippen LogP contribution in [-0.4, -0.2) is 11.0 Å². The Morgan fingerprint density at radius 2 is 1.89 bits per heavy atom. The van der Waals surface area contributed by atoms with Crippen LogP contribution < -0.4 is 11.1 Å². The molecule has 1 unspecified atom stereocenters. The fourth-order valence-corrected chi connectivity index (χ4v) is 1.77. The number of hydrogen-bond acceptors (Lipinski definition) is 3. The first-order chi connectivity index (χ1) is 9.20. The molecule has 2 aromatic rings. The van der Waals surface area contributed by atoms with E-state index in [0.29, 0.717) is 17.8 Å². The second-order valence-electron chi connectivity index (χ2n) is 4.21. The zero-order valence-corrected chi connectivity index (χ0v) is 10.4. The molecular formula is C15H16N2O2. The number of benzene rings is 2. The number of carbonyl (C=O) groups excluding carboxylic acids is 1. The average molecular weight is 256 g/mol. The zero-order valence-electron chi connectivity index (χ0n) is 10.4. The minimum atomic E-state index is -1.18. The van der Waals surface area contributed by atoms with Crippen LogP contribution in [0.4, 0.5) is 5.69 Å². The number of carbonyl (C=O) groups is 1. The molecule has 0 aliphatic rings. The molecule has 0 saturated carbocycles. The topological polar surface area (TPSA) is 75.3 Å². The van der Waals surface area contributed by atoms with Crippen LogP contribution in [-0.2, 0) is 11.3 Å². The standard InChI is InChI=1S/C15H16N2O2/c16-10-11-5-4-8-13(9-11)17-15(19)14(18)12-6-2-1-3-7-12/h1-9,14,18H,10,16H2,(H,17,19). The van der Waals surface area contributed by atoms with Crippen molar-refractivity contribution in [3.05, 3.63) is 65.7 Å². The predicted molar refractivity (Wildman–Crippen MR) is 74.4 cm³/mol. The lowest BCUT2D eigenvalue weighted by atomic mass is 10.1. The summed E-state index contributed by atoms with van der Waals surface area (Å²) in [6.07, 6.45) is -1.18. The maximum atomic E-state index is 11.9. The van der Waals surface area contributed by atoms with Gasteiger partial charge < -0.3 is 16.2 Å². The van der Waals surface area contributed by atoms with Gasteiger partial charge in [0.25, 0.3) is 5.91 Å². The van der Waals surface area contributed by atoms with Gasteiger partial charge in [-0.25, -0.2) is 0 Å². The van der Waals surface area contributed by atoms with E-state index in [4.69, 9.17) is 5.73 Å². The van der Waals surface area contributed by atoms with Crippen LogP contribution in [0.5, 0.6) is 0 Å². The second kappa shape index (κ2) is 6.13. The summed E-state index contributed by atoms with van der Waals surface area (Å²) < 4.78 is 0. The highest BCUT2D eigenvalue weighted by Crippen LogP contribution is 2.16. The van der Waals surface area contributed by atoms with E-state index in [9.17, 15) is 9.90 Å².